The van der Waals surface area contributed by atoms with Crippen LogP contribution in [0.15, 0.2) is 0 Å². The second-order valence-electron chi connectivity index (χ2n) is 9.21. The van der Waals surface area contributed by atoms with Crippen molar-refractivity contribution in [1.29, 1.82) is 5.26 Å². The molecule has 0 saturated heterocycles. The van der Waals surface area contributed by atoms with Gasteiger partial charge in [0.25, 0.3) is 0 Å². The largest absolute Gasteiger partial charge is 1.00 e. The third-order valence-electron chi connectivity index (χ3n) is 5.82. The fourth-order valence-corrected chi connectivity index (χ4v) is 3.73. The predicted octanol–water partition coefficient (Wildman–Crippen LogP) is 4.26. The normalized spacial score (nSPS) is 11.2. The quantitative estimate of drug-likeness (QED) is 0.190. The van der Waals surface area contributed by atoms with Gasteiger partial charge in [-0.15, -0.1) is 0 Å². The monoisotopic (exact) mass is 430 g/mol. The lowest BCUT2D eigenvalue weighted by atomic mass is 10.0. The van der Waals surface area contributed by atoms with Crippen molar-refractivity contribution in [3.63, 3.8) is 0 Å². The number of unbranched alkanes of at least 4 members (excludes halogenated alkanes) is 15. The molecular weight excluding hydrogens is 380 g/mol. The molecule has 0 unspecified atom stereocenters. The van der Waals surface area contributed by atoms with Crippen LogP contribution >= 0.6 is 0 Å². The SMILES string of the molecule is CCCCCCCCCCCCCCCCCC[N+](C)(C)CCOCCC#N.[Cl-]. The van der Waals surface area contributed by atoms with Crippen molar-refractivity contribution in [2.45, 2.75) is 116 Å². The van der Waals surface area contributed by atoms with Crippen LogP contribution in [0.3, 0.4) is 0 Å². The zero-order valence-corrected chi connectivity index (χ0v) is 20.8. The van der Waals surface area contributed by atoms with Gasteiger partial charge in [-0.25, -0.2) is 0 Å². The lowest BCUT2D eigenvalue weighted by Gasteiger charge is -2.29. The maximum atomic E-state index is 8.50. The molecule has 0 saturated carbocycles. The Morgan fingerprint density at radius 3 is 1.45 bits per heavy atom. The third-order valence-corrected chi connectivity index (χ3v) is 5.82. The first kappa shape index (κ1) is 30.9. The summed E-state index contributed by atoms with van der Waals surface area (Å²) < 4.78 is 6.54. The van der Waals surface area contributed by atoms with Crippen LogP contribution in [-0.4, -0.2) is 44.9 Å². The lowest BCUT2D eigenvalue weighted by Crippen LogP contribution is -3.00. The van der Waals surface area contributed by atoms with Gasteiger partial charge in [-0.05, 0) is 12.8 Å². The zero-order valence-electron chi connectivity index (χ0n) is 20.0. The van der Waals surface area contributed by atoms with E-state index in [1.165, 1.54) is 109 Å². The van der Waals surface area contributed by atoms with Crippen LogP contribution < -0.4 is 12.4 Å². The number of rotatable bonds is 22. The minimum Gasteiger partial charge on any atom is -1.00 e. The molecule has 0 aliphatic heterocycles. The Morgan fingerprint density at radius 1 is 0.621 bits per heavy atom. The first-order valence-corrected chi connectivity index (χ1v) is 12.4. The number of likely N-dealkylation sites (N-methyl/N-ethyl adjacent to an activating group) is 1. The van der Waals surface area contributed by atoms with E-state index in [0.29, 0.717) is 13.0 Å². The molecular formula is C25H51ClN2O. The van der Waals surface area contributed by atoms with Gasteiger partial charge in [0.1, 0.15) is 6.54 Å². The van der Waals surface area contributed by atoms with E-state index in [9.17, 15) is 0 Å². The van der Waals surface area contributed by atoms with Crippen LogP contribution in [0.1, 0.15) is 116 Å². The summed E-state index contributed by atoms with van der Waals surface area (Å²) in [7, 11) is 4.58. The van der Waals surface area contributed by atoms with Gasteiger partial charge in [0.2, 0.25) is 0 Å². The Balaban J connectivity index is 0. The van der Waals surface area contributed by atoms with Gasteiger partial charge in [0.05, 0.1) is 46.3 Å². The second-order valence-corrected chi connectivity index (χ2v) is 9.21. The van der Waals surface area contributed by atoms with Crippen molar-refractivity contribution in [2.24, 2.45) is 0 Å². The molecule has 0 rings (SSSR count). The van der Waals surface area contributed by atoms with E-state index in [-0.39, 0.29) is 12.4 Å². The minimum absolute atomic E-state index is 0. The maximum absolute atomic E-state index is 8.50. The van der Waals surface area contributed by atoms with Gasteiger partial charge in [-0.2, -0.15) is 5.26 Å². The molecule has 0 N–H and O–H groups in total. The second kappa shape index (κ2) is 24.0. The molecule has 0 aliphatic rings. The van der Waals surface area contributed by atoms with Crippen molar-refractivity contribution in [3.8, 4) is 6.07 Å². The molecule has 0 amide bonds. The molecule has 3 nitrogen and oxygen atoms in total. The molecule has 0 bridgehead atoms. The molecule has 0 aromatic carbocycles. The van der Waals surface area contributed by atoms with E-state index >= 15 is 0 Å². The molecule has 174 valence electrons. The number of nitriles is 1. The molecule has 0 atom stereocenters. The van der Waals surface area contributed by atoms with Crippen LogP contribution in [0.4, 0.5) is 0 Å². The molecule has 0 aromatic rings. The standard InChI is InChI=1S/C25H51N2O.ClH/c1-4-5-6-7-8-9-10-11-12-13-14-15-16-17-18-19-22-27(2,3)23-25-28-24-20-21-26;/h4-20,22-25H2,1-3H3;1H/q+1;/p-1. The molecule has 0 radical (unpaired) electrons. The smallest absolute Gasteiger partial charge is 0.102 e. The average molecular weight is 431 g/mol. The number of nitrogens with zero attached hydrogens (tertiary/aromatic N) is 2. The highest BCUT2D eigenvalue weighted by Gasteiger charge is 2.13. The fraction of sp³-hybridized carbons (Fsp3) is 0.960. The van der Waals surface area contributed by atoms with Crippen LogP contribution in [0, 0.1) is 11.3 Å². The van der Waals surface area contributed by atoms with E-state index in [1.54, 1.807) is 0 Å². The summed E-state index contributed by atoms with van der Waals surface area (Å²) >= 11 is 0. The van der Waals surface area contributed by atoms with Crippen LogP contribution in [0.2, 0.25) is 0 Å². The van der Waals surface area contributed by atoms with Crippen LogP contribution in [0.5, 0.6) is 0 Å². The van der Waals surface area contributed by atoms with Crippen molar-refractivity contribution < 1.29 is 21.6 Å². The number of hydrogen-bond acceptors (Lipinski definition) is 2. The van der Waals surface area contributed by atoms with E-state index in [0.717, 1.165) is 17.6 Å². The Hall–Kier alpha value is -0.300. The molecule has 0 heterocycles. The molecule has 0 aromatic heterocycles. The summed E-state index contributed by atoms with van der Waals surface area (Å²) in [5.74, 6) is 0. The predicted molar refractivity (Wildman–Crippen MR) is 122 cm³/mol. The summed E-state index contributed by atoms with van der Waals surface area (Å²) in [5.41, 5.74) is 0. The minimum atomic E-state index is 0. The summed E-state index contributed by atoms with van der Waals surface area (Å²) in [5, 5.41) is 8.50. The summed E-state index contributed by atoms with van der Waals surface area (Å²) in [6.07, 6.45) is 23.3. The van der Waals surface area contributed by atoms with Crippen molar-refractivity contribution in [1.82, 2.24) is 0 Å². The topological polar surface area (TPSA) is 33.0 Å². The number of quaternary nitrogens is 1. The molecule has 4 heteroatoms. The third kappa shape index (κ3) is 25.7. The van der Waals surface area contributed by atoms with E-state index in [1.807, 2.05) is 0 Å². The highest BCUT2D eigenvalue weighted by atomic mass is 35.5. The molecule has 0 fully saturated rings. The van der Waals surface area contributed by atoms with E-state index in [4.69, 9.17) is 10.00 Å². The maximum Gasteiger partial charge on any atom is 0.102 e. The highest BCUT2D eigenvalue weighted by Crippen LogP contribution is 2.14. The van der Waals surface area contributed by atoms with Crippen molar-refractivity contribution >= 4 is 0 Å². The van der Waals surface area contributed by atoms with Gasteiger partial charge < -0.3 is 21.6 Å². The van der Waals surface area contributed by atoms with Gasteiger partial charge in [-0.3, -0.25) is 0 Å². The first-order chi connectivity index (χ1) is 13.6. The Labute approximate surface area is 189 Å². The Kier molecular flexibility index (Phi) is 25.5. The Morgan fingerprint density at radius 2 is 1.03 bits per heavy atom. The summed E-state index contributed by atoms with van der Waals surface area (Å²) in [6.45, 7) is 5.92. The van der Waals surface area contributed by atoms with Crippen LogP contribution in [0.25, 0.3) is 0 Å². The van der Waals surface area contributed by atoms with Gasteiger partial charge in [0, 0.05) is 0 Å². The zero-order chi connectivity index (χ0) is 20.8. The first-order valence-electron chi connectivity index (χ1n) is 12.4. The number of hydrogen-bond donors (Lipinski definition) is 0. The fourth-order valence-electron chi connectivity index (χ4n) is 3.73. The lowest BCUT2D eigenvalue weighted by molar-refractivity contribution is -0.891. The van der Waals surface area contributed by atoms with Gasteiger partial charge in [-0.1, -0.05) is 96.8 Å². The van der Waals surface area contributed by atoms with Crippen LogP contribution in [-0.2, 0) is 4.74 Å². The van der Waals surface area contributed by atoms with Gasteiger partial charge >= 0.3 is 0 Å². The highest BCUT2D eigenvalue weighted by molar-refractivity contribution is 4.66. The van der Waals surface area contributed by atoms with Crippen molar-refractivity contribution in [2.75, 3.05) is 40.4 Å². The summed E-state index contributed by atoms with van der Waals surface area (Å²) in [4.78, 5) is 0. The average Bonchev–Trinajstić information content (AvgIpc) is 2.67. The Bertz CT molecular complexity index is 355. The molecule has 0 aliphatic carbocycles. The van der Waals surface area contributed by atoms with Gasteiger partial charge in [0.15, 0.2) is 0 Å². The molecule has 29 heavy (non-hydrogen) atoms. The number of ether oxygens (including phenoxy) is 1. The number of halogens is 1. The van der Waals surface area contributed by atoms with E-state index in [2.05, 4.69) is 27.1 Å². The van der Waals surface area contributed by atoms with E-state index < -0.39 is 0 Å². The van der Waals surface area contributed by atoms with Crippen molar-refractivity contribution in [3.05, 3.63) is 0 Å². The molecule has 0 spiro atoms. The summed E-state index contributed by atoms with van der Waals surface area (Å²) in [6, 6.07) is 2.12.